The van der Waals surface area contributed by atoms with E-state index < -0.39 is 0 Å². The molecule has 0 aromatic heterocycles. The summed E-state index contributed by atoms with van der Waals surface area (Å²) >= 11 is 0. The number of likely N-dealkylation sites (N-methyl/N-ethyl adjacent to an activating group) is 1. The van der Waals surface area contributed by atoms with Gasteiger partial charge in [0.25, 0.3) is 0 Å². The van der Waals surface area contributed by atoms with E-state index in [2.05, 4.69) is 62.4 Å². The molecule has 20 heavy (non-hydrogen) atoms. The van der Waals surface area contributed by atoms with Crippen LogP contribution < -0.4 is 5.32 Å². The second kappa shape index (κ2) is 6.73. The Hall–Kier alpha value is -0.860. The smallest absolute Gasteiger partial charge is 0.0330 e. The zero-order valence-electron chi connectivity index (χ0n) is 13.6. The SMILES string of the molecule is Cc1cccc(CNCC2(N(C)C)CCCC(C)C2)c1. The highest BCUT2D eigenvalue weighted by Gasteiger charge is 2.36. The second-order valence-corrected chi connectivity index (χ2v) is 6.91. The van der Waals surface area contributed by atoms with Crippen molar-refractivity contribution >= 4 is 0 Å². The number of nitrogens with zero attached hydrogens (tertiary/aromatic N) is 1. The van der Waals surface area contributed by atoms with Crippen LogP contribution in [0.15, 0.2) is 24.3 Å². The molecule has 2 rings (SSSR count). The van der Waals surface area contributed by atoms with E-state index >= 15 is 0 Å². The zero-order valence-corrected chi connectivity index (χ0v) is 13.6. The van der Waals surface area contributed by atoms with Crippen molar-refractivity contribution in [3.63, 3.8) is 0 Å². The minimum Gasteiger partial charge on any atom is -0.311 e. The summed E-state index contributed by atoms with van der Waals surface area (Å²) in [5.41, 5.74) is 3.09. The van der Waals surface area contributed by atoms with E-state index in [0.29, 0.717) is 5.54 Å². The Morgan fingerprint density at radius 2 is 2.15 bits per heavy atom. The molecule has 1 N–H and O–H groups in total. The number of aryl methyl sites for hydroxylation is 1. The van der Waals surface area contributed by atoms with Crippen LogP contribution in [0.3, 0.4) is 0 Å². The van der Waals surface area contributed by atoms with Crippen LogP contribution in [0, 0.1) is 12.8 Å². The van der Waals surface area contributed by atoms with Gasteiger partial charge in [-0.05, 0) is 45.3 Å². The average molecular weight is 274 g/mol. The van der Waals surface area contributed by atoms with Gasteiger partial charge < -0.3 is 10.2 Å². The van der Waals surface area contributed by atoms with E-state index in [4.69, 9.17) is 0 Å². The van der Waals surface area contributed by atoms with Crippen LogP contribution >= 0.6 is 0 Å². The first-order valence-corrected chi connectivity index (χ1v) is 7.95. The molecule has 0 aliphatic heterocycles. The molecule has 0 radical (unpaired) electrons. The molecular weight excluding hydrogens is 244 g/mol. The lowest BCUT2D eigenvalue weighted by atomic mass is 9.75. The topological polar surface area (TPSA) is 15.3 Å². The minimum absolute atomic E-state index is 0.349. The number of nitrogens with one attached hydrogen (secondary N) is 1. The van der Waals surface area contributed by atoms with Gasteiger partial charge in [-0.15, -0.1) is 0 Å². The van der Waals surface area contributed by atoms with E-state index in [1.54, 1.807) is 0 Å². The average Bonchev–Trinajstić information content (AvgIpc) is 2.38. The summed E-state index contributed by atoms with van der Waals surface area (Å²) in [6.07, 6.45) is 5.41. The van der Waals surface area contributed by atoms with E-state index in [9.17, 15) is 0 Å². The lowest BCUT2D eigenvalue weighted by molar-refractivity contribution is 0.0749. The molecule has 112 valence electrons. The van der Waals surface area contributed by atoms with Crippen LogP contribution in [-0.4, -0.2) is 31.1 Å². The highest BCUT2D eigenvalue weighted by atomic mass is 15.2. The van der Waals surface area contributed by atoms with E-state index in [1.807, 2.05) is 0 Å². The van der Waals surface area contributed by atoms with Crippen molar-refractivity contribution in [3.8, 4) is 0 Å². The molecule has 0 amide bonds. The minimum atomic E-state index is 0.349. The molecule has 2 unspecified atom stereocenters. The van der Waals surface area contributed by atoms with Crippen LogP contribution in [0.25, 0.3) is 0 Å². The Kier molecular flexibility index (Phi) is 5.22. The van der Waals surface area contributed by atoms with Crippen molar-refractivity contribution in [1.29, 1.82) is 0 Å². The predicted octanol–water partition coefficient (Wildman–Crippen LogP) is 3.60. The highest BCUT2D eigenvalue weighted by molar-refractivity contribution is 5.22. The van der Waals surface area contributed by atoms with Gasteiger partial charge in [0.15, 0.2) is 0 Å². The summed E-state index contributed by atoms with van der Waals surface area (Å²) in [7, 11) is 4.48. The summed E-state index contributed by atoms with van der Waals surface area (Å²) in [4.78, 5) is 2.45. The van der Waals surface area contributed by atoms with Crippen LogP contribution in [0.1, 0.15) is 43.7 Å². The van der Waals surface area contributed by atoms with E-state index in [-0.39, 0.29) is 0 Å². The van der Waals surface area contributed by atoms with Crippen LogP contribution in [-0.2, 0) is 6.54 Å². The van der Waals surface area contributed by atoms with Crippen molar-refractivity contribution < 1.29 is 0 Å². The molecule has 0 saturated heterocycles. The van der Waals surface area contributed by atoms with Crippen LogP contribution in [0.4, 0.5) is 0 Å². The van der Waals surface area contributed by atoms with Crippen molar-refractivity contribution in [3.05, 3.63) is 35.4 Å². The van der Waals surface area contributed by atoms with Crippen molar-refractivity contribution in [2.75, 3.05) is 20.6 Å². The number of benzene rings is 1. The first-order chi connectivity index (χ1) is 9.52. The fraction of sp³-hybridized carbons (Fsp3) is 0.667. The first-order valence-electron chi connectivity index (χ1n) is 7.95. The quantitative estimate of drug-likeness (QED) is 0.882. The highest BCUT2D eigenvalue weighted by Crippen LogP contribution is 2.35. The maximum absolute atomic E-state index is 3.70. The van der Waals surface area contributed by atoms with E-state index in [0.717, 1.165) is 19.0 Å². The maximum atomic E-state index is 3.70. The van der Waals surface area contributed by atoms with Crippen molar-refractivity contribution in [1.82, 2.24) is 10.2 Å². The van der Waals surface area contributed by atoms with Gasteiger partial charge in [-0.1, -0.05) is 49.6 Å². The lowest BCUT2D eigenvalue weighted by Crippen LogP contribution is -2.54. The Morgan fingerprint density at radius 1 is 1.35 bits per heavy atom. The molecule has 2 atom stereocenters. The van der Waals surface area contributed by atoms with Gasteiger partial charge in [-0.2, -0.15) is 0 Å². The fourth-order valence-corrected chi connectivity index (χ4v) is 3.62. The molecular formula is C18H30N2. The molecule has 1 saturated carbocycles. The lowest BCUT2D eigenvalue weighted by Gasteiger charge is -2.45. The van der Waals surface area contributed by atoms with Gasteiger partial charge in [0.1, 0.15) is 0 Å². The van der Waals surface area contributed by atoms with Gasteiger partial charge in [-0.3, -0.25) is 0 Å². The van der Waals surface area contributed by atoms with Gasteiger partial charge in [0, 0.05) is 18.6 Å². The summed E-state index contributed by atoms with van der Waals surface area (Å²) in [5.74, 6) is 0.854. The third-order valence-corrected chi connectivity index (χ3v) is 4.88. The standard InChI is InChI=1S/C18H30N2/c1-15-7-5-9-17(11-15)13-19-14-18(20(3)4)10-6-8-16(2)12-18/h5,7,9,11,16,19H,6,8,10,12-14H2,1-4H3. The Balaban J connectivity index is 1.93. The molecule has 1 fully saturated rings. The normalized spacial score (nSPS) is 26.9. The second-order valence-electron chi connectivity index (χ2n) is 6.91. The van der Waals surface area contributed by atoms with Crippen molar-refractivity contribution in [2.24, 2.45) is 5.92 Å². The molecule has 1 aromatic rings. The molecule has 1 aromatic carbocycles. The van der Waals surface area contributed by atoms with Gasteiger partial charge >= 0.3 is 0 Å². The summed E-state index contributed by atoms with van der Waals surface area (Å²) < 4.78 is 0. The molecule has 0 heterocycles. The number of hydrogen-bond acceptors (Lipinski definition) is 2. The monoisotopic (exact) mass is 274 g/mol. The molecule has 2 nitrogen and oxygen atoms in total. The number of rotatable bonds is 5. The summed E-state index contributed by atoms with van der Waals surface area (Å²) in [6, 6.07) is 8.80. The predicted molar refractivity (Wildman–Crippen MR) is 86.9 cm³/mol. The first kappa shape index (κ1) is 15.5. The molecule has 1 aliphatic carbocycles. The van der Waals surface area contributed by atoms with Crippen molar-refractivity contribution in [2.45, 2.75) is 51.6 Å². The Labute approximate surface area is 124 Å². The zero-order chi connectivity index (χ0) is 14.6. The van der Waals surface area contributed by atoms with E-state index in [1.165, 1.54) is 36.8 Å². The Bertz CT molecular complexity index is 427. The number of hydrogen-bond donors (Lipinski definition) is 1. The van der Waals surface area contributed by atoms with Gasteiger partial charge in [0.05, 0.1) is 0 Å². The maximum Gasteiger partial charge on any atom is 0.0330 e. The fourth-order valence-electron chi connectivity index (χ4n) is 3.62. The molecule has 2 heteroatoms. The molecule has 0 spiro atoms. The summed E-state index contributed by atoms with van der Waals surface area (Å²) in [5, 5.41) is 3.70. The Morgan fingerprint density at radius 3 is 2.80 bits per heavy atom. The van der Waals surface area contributed by atoms with Gasteiger partial charge in [0.2, 0.25) is 0 Å². The third-order valence-electron chi connectivity index (χ3n) is 4.88. The molecule has 0 bridgehead atoms. The third kappa shape index (κ3) is 3.83. The summed E-state index contributed by atoms with van der Waals surface area (Å²) in [6.45, 7) is 6.63. The van der Waals surface area contributed by atoms with Crippen LogP contribution in [0.2, 0.25) is 0 Å². The van der Waals surface area contributed by atoms with Crippen LogP contribution in [0.5, 0.6) is 0 Å². The van der Waals surface area contributed by atoms with Gasteiger partial charge in [-0.25, -0.2) is 0 Å². The molecule has 1 aliphatic rings. The largest absolute Gasteiger partial charge is 0.311 e.